The molecule has 134 valence electrons. The zero-order valence-corrected chi connectivity index (χ0v) is 17.9. The lowest BCUT2D eigenvalue weighted by Crippen LogP contribution is -2.37. The van der Waals surface area contributed by atoms with Gasteiger partial charge in [-0.05, 0) is 18.8 Å². The van der Waals surface area contributed by atoms with Crippen molar-refractivity contribution in [3.05, 3.63) is 16.1 Å². The molecule has 0 saturated carbocycles. The number of thiazole rings is 1. The van der Waals surface area contributed by atoms with Gasteiger partial charge in [0, 0.05) is 32.2 Å². The first-order valence-electron chi connectivity index (χ1n) is 8.14. The Bertz CT molecular complexity index is 437. The molecule has 0 aliphatic rings. The third-order valence-corrected chi connectivity index (χ3v) is 4.06. The van der Waals surface area contributed by atoms with Gasteiger partial charge in [0.25, 0.3) is 0 Å². The highest BCUT2D eigenvalue weighted by atomic mass is 127. The van der Waals surface area contributed by atoms with E-state index < -0.39 is 0 Å². The topological polar surface area (TPSA) is 58.5 Å². The predicted molar refractivity (Wildman–Crippen MR) is 110 cm³/mol. The van der Waals surface area contributed by atoms with Crippen molar-refractivity contribution >= 4 is 41.3 Å². The summed E-state index contributed by atoms with van der Waals surface area (Å²) < 4.78 is 5.54. The van der Waals surface area contributed by atoms with Gasteiger partial charge in [-0.2, -0.15) is 0 Å². The maximum atomic E-state index is 5.54. The molecule has 0 spiro atoms. The number of ether oxygens (including phenoxy) is 1. The molecule has 0 aromatic carbocycles. The molecular weight excluding hydrogens is 423 g/mol. The summed E-state index contributed by atoms with van der Waals surface area (Å²) in [5.74, 6) is 1.30. The number of guanidine groups is 1. The maximum absolute atomic E-state index is 5.54. The van der Waals surface area contributed by atoms with Crippen molar-refractivity contribution in [3.63, 3.8) is 0 Å². The smallest absolute Gasteiger partial charge is 0.191 e. The Hall–Kier alpha value is -0.410. The fraction of sp³-hybridized carbons (Fsp3) is 0.750. The number of unbranched alkanes of at least 4 members (excludes halogenated alkanes) is 1. The quantitative estimate of drug-likeness (QED) is 0.245. The SMILES string of the molecule is CCCCOCCCNC(=NC)NCc1nc(C(C)C)cs1.I. The van der Waals surface area contributed by atoms with E-state index in [0.29, 0.717) is 12.5 Å². The van der Waals surface area contributed by atoms with E-state index in [9.17, 15) is 0 Å². The second kappa shape index (κ2) is 14.0. The minimum atomic E-state index is 0. The zero-order chi connectivity index (χ0) is 16.2. The highest BCUT2D eigenvalue weighted by Gasteiger charge is 2.06. The molecule has 1 heterocycles. The van der Waals surface area contributed by atoms with Crippen LogP contribution in [0.25, 0.3) is 0 Å². The van der Waals surface area contributed by atoms with E-state index in [-0.39, 0.29) is 24.0 Å². The molecule has 0 fully saturated rings. The van der Waals surface area contributed by atoms with Gasteiger partial charge in [0.05, 0.1) is 12.2 Å². The maximum Gasteiger partial charge on any atom is 0.191 e. The van der Waals surface area contributed by atoms with Crippen LogP contribution in [0.5, 0.6) is 0 Å². The van der Waals surface area contributed by atoms with Gasteiger partial charge >= 0.3 is 0 Å². The number of halogens is 1. The Morgan fingerprint density at radius 2 is 2.04 bits per heavy atom. The van der Waals surface area contributed by atoms with Crippen LogP contribution in [0.15, 0.2) is 10.4 Å². The van der Waals surface area contributed by atoms with Crippen LogP contribution >= 0.6 is 35.3 Å². The van der Waals surface area contributed by atoms with Crippen LogP contribution in [0.3, 0.4) is 0 Å². The van der Waals surface area contributed by atoms with Gasteiger partial charge < -0.3 is 15.4 Å². The van der Waals surface area contributed by atoms with Crippen LogP contribution in [0.4, 0.5) is 0 Å². The van der Waals surface area contributed by atoms with E-state index in [2.05, 4.69) is 46.8 Å². The number of hydrogen-bond acceptors (Lipinski definition) is 4. The van der Waals surface area contributed by atoms with Crippen LogP contribution in [-0.2, 0) is 11.3 Å². The first kappa shape index (κ1) is 22.6. The van der Waals surface area contributed by atoms with Gasteiger partial charge in [0.15, 0.2) is 5.96 Å². The summed E-state index contributed by atoms with van der Waals surface area (Å²) in [5, 5.41) is 9.81. The van der Waals surface area contributed by atoms with Crippen LogP contribution in [-0.4, -0.2) is 37.7 Å². The molecule has 0 radical (unpaired) electrons. The fourth-order valence-electron chi connectivity index (χ4n) is 1.78. The highest BCUT2D eigenvalue weighted by molar-refractivity contribution is 14.0. The molecule has 1 aromatic rings. The van der Waals surface area contributed by atoms with Gasteiger partial charge in [0.1, 0.15) is 5.01 Å². The van der Waals surface area contributed by atoms with Crippen molar-refractivity contribution in [1.29, 1.82) is 0 Å². The Balaban J connectivity index is 0.00000484. The van der Waals surface area contributed by atoms with Crippen LogP contribution in [0.1, 0.15) is 56.7 Å². The Kier molecular flexibility index (Phi) is 13.7. The number of hydrogen-bond donors (Lipinski definition) is 2. The largest absolute Gasteiger partial charge is 0.381 e. The number of aromatic nitrogens is 1. The van der Waals surface area contributed by atoms with E-state index in [0.717, 1.165) is 49.3 Å². The van der Waals surface area contributed by atoms with Gasteiger partial charge in [-0.1, -0.05) is 27.2 Å². The van der Waals surface area contributed by atoms with Crippen LogP contribution in [0, 0.1) is 0 Å². The van der Waals surface area contributed by atoms with Crippen LogP contribution in [0.2, 0.25) is 0 Å². The molecule has 0 unspecified atom stereocenters. The van der Waals surface area contributed by atoms with Crippen molar-refractivity contribution in [3.8, 4) is 0 Å². The summed E-state index contributed by atoms with van der Waals surface area (Å²) in [7, 11) is 1.79. The third-order valence-electron chi connectivity index (χ3n) is 3.19. The summed E-state index contributed by atoms with van der Waals surface area (Å²) in [6.07, 6.45) is 3.31. The molecule has 0 atom stereocenters. The number of nitrogens with one attached hydrogen (secondary N) is 2. The molecule has 2 N–H and O–H groups in total. The summed E-state index contributed by atoms with van der Waals surface area (Å²) in [4.78, 5) is 8.83. The average molecular weight is 454 g/mol. The van der Waals surface area contributed by atoms with Crippen LogP contribution < -0.4 is 10.6 Å². The summed E-state index contributed by atoms with van der Waals surface area (Å²) in [6, 6.07) is 0. The Morgan fingerprint density at radius 3 is 2.65 bits per heavy atom. The lowest BCUT2D eigenvalue weighted by molar-refractivity contribution is 0.129. The minimum absolute atomic E-state index is 0. The molecule has 5 nitrogen and oxygen atoms in total. The van der Waals surface area contributed by atoms with E-state index >= 15 is 0 Å². The van der Waals surface area contributed by atoms with Crippen molar-refractivity contribution in [1.82, 2.24) is 15.6 Å². The van der Waals surface area contributed by atoms with Gasteiger partial charge in [-0.15, -0.1) is 35.3 Å². The van der Waals surface area contributed by atoms with E-state index in [1.165, 1.54) is 6.42 Å². The standard InChI is InChI=1S/C16H30N4OS.HI/c1-5-6-9-21-10-7-8-18-16(17-4)19-11-15-20-14(12-22-15)13(2)3;/h12-13H,5-11H2,1-4H3,(H2,17,18,19);1H. The summed E-state index contributed by atoms with van der Waals surface area (Å²) >= 11 is 1.69. The normalized spacial score (nSPS) is 11.4. The molecule has 0 bridgehead atoms. The average Bonchev–Trinajstić information content (AvgIpc) is 2.98. The Labute approximate surface area is 161 Å². The van der Waals surface area contributed by atoms with Gasteiger partial charge in [-0.25, -0.2) is 4.98 Å². The molecular formula is C16H31IN4OS. The fourth-order valence-corrected chi connectivity index (χ4v) is 2.68. The summed E-state index contributed by atoms with van der Waals surface area (Å²) in [5.41, 5.74) is 1.16. The molecule has 0 aliphatic carbocycles. The predicted octanol–water partition coefficient (Wildman–Crippen LogP) is 3.76. The molecule has 7 heteroatoms. The first-order valence-corrected chi connectivity index (χ1v) is 9.01. The van der Waals surface area contributed by atoms with Gasteiger partial charge in [-0.3, -0.25) is 4.99 Å². The second-order valence-electron chi connectivity index (χ2n) is 5.49. The monoisotopic (exact) mass is 454 g/mol. The lowest BCUT2D eigenvalue weighted by Gasteiger charge is -2.11. The lowest BCUT2D eigenvalue weighted by atomic mass is 10.2. The molecule has 0 saturated heterocycles. The minimum Gasteiger partial charge on any atom is -0.381 e. The number of rotatable bonds is 10. The van der Waals surface area contributed by atoms with Crippen molar-refractivity contribution in [2.75, 3.05) is 26.8 Å². The Morgan fingerprint density at radius 1 is 1.30 bits per heavy atom. The van der Waals surface area contributed by atoms with Crippen molar-refractivity contribution < 1.29 is 4.74 Å². The highest BCUT2D eigenvalue weighted by Crippen LogP contribution is 2.17. The van der Waals surface area contributed by atoms with E-state index in [4.69, 9.17) is 4.74 Å². The zero-order valence-electron chi connectivity index (χ0n) is 14.7. The first-order chi connectivity index (χ1) is 10.7. The molecule has 0 amide bonds. The van der Waals surface area contributed by atoms with Crippen molar-refractivity contribution in [2.45, 2.75) is 52.5 Å². The molecule has 23 heavy (non-hydrogen) atoms. The molecule has 1 aromatic heterocycles. The van der Waals surface area contributed by atoms with Crippen molar-refractivity contribution in [2.24, 2.45) is 4.99 Å². The molecule has 0 aliphatic heterocycles. The van der Waals surface area contributed by atoms with Gasteiger partial charge in [0.2, 0.25) is 0 Å². The number of aliphatic imine (C=N–C) groups is 1. The van der Waals surface area contributed by atoms with E-state index in [1.54, 1.807) is 18.4 Å². The third kappa shape index (κ3) is 10.1. The molecule has 1 rings (SSSR count). The second-order valence-corrected chi connectivity index (χ2v) is 6.44. The number of nitrogens with zero attached hydrogens (tertiary/aromatic N) is 2. The summed E-state index contributed by atoms with van der Waals surface area (Å²) in [6.45, 7) is 9.74. The van der Waals surface area contributed by atoms with E-state index in [1.807, 2.05) is 0 Å².